The minimum Gasteiger partial charge on any atom is -0.334 e. The average molecular weight is 363 g/mol. The molecule has 0 saturated heterocycles. The topological polar surface area (TPSA) is 87.0 Å². The Morgan fingerprint density at radius 1 is 1.12 bits per heavy atom. The first-order chi connectivity index (χ1) is 12.1. The molecule has 0 aliphatic heterocycles. The van der Waals surface area contributed by atoms with Gasteiger partial charge in [-0.3, -0.25) is 4.52 Å². The minimum absolute atomic E-state index is 0.319. The van der Waals surface area contributed by atoms with Gasteiger partial charge in [-0.25, -0.2) is 9.36 Å². The van der Waals surface area contributed by atoms with Gasteiger partial charge in [0, 0.05) is 17.9 Å². The molecule has 3 rings (SSSR count). The summed E-state index contributed by atoms with van der Waals surface area (Å²) in [6.45, 7) is 4.11. The van der Waals surface area contributed by atoms with E-state index in [1.807, 2.05) is 6.92 Å². The molecule has 1 aromatic carbocycles. The predicted octanol–water partition coefficient (Wildman–Crippen LogP) is 3.82. The second-order valence-corrected chi connectivity index (χ2v) is 6.17. The van der Waals surface area contributed by atoms with Crippen LogP contribution < -0.4 is 5.76 Å². The summed E-state index contributed by atoms with van der Waals surface area (Å²) in [6.07, 6.45) is 4.20. The lowest BCUT2D eigenvalue weighted by Gasteiger charge is -2.08. The fourth-order valence-electron chi connectivity index (χ4n) is 2.57. The highest BCUT2D eigenvalue weighted by atomic mass is 35.5. The number of aromatic nitrogens is 4. The van der Waals surface area contributed by atoms with Gasteiger partial charge in [-0.2, -0.15) is 4.98 Å². The third-order valence-corrected chi connectivity index (χ3v) is 4.03. The first-order valence-corrected chi connectivity index (χ1v) is 8.72. The number of hydrogen-bond acceptors (Lipinski definition) is 6. The Labute approximate surface area is 149 Å². The highest BCUT2D eigenvalue weighted by molar-refractivity contribution is 6.31. The van der Waals surface area contributed by atoms with E-state index in [1.165, 1.54) is 4.57 Å². The summed E-state index contributed by atoms with van der Waals surface area (Å²) >= 11 is 6.14. The van der Waals surface area contributed by atoms with Crippen molar-refractivity contribution in [1.29, 1.82) is 0 Å². The maximum absolute atomic E-state index is 12.2. The van der Waals surface area contributed by atoms with E-state index in [1.54, 1.807) is 18.2 Å². The van der Waals surface area contributed by atoms with E-state index in [0.29, 0.717) is 40.2 Å². The fourth-order valence-corrected chi connectivity index (χ4v) is 2.74. The van der Waals surface area contributed by atoms with Gasteiger partial charge >= 0.3 is 5.76 Å². The number of rotatable bonds is 7. The summed E-state index contributed by atoms with van der Waals surface area (Å²) in [5.41, 5.74) is 1.13. The SMILES string of the molecule is CCCCc1noc(-c2cc(Cl)ccc2-n2c(CCC)noc2=O)n1. The zero-order chi connectivity index (χ0) is 17.8. The number of nitrogens with zero attached hydrogens (tertiary/aromatic N) is 4. The Kier molecular flexibility index (Phi) is 5.33. The Bertz CT molecular complexity index is 913. The van der Waals surface area contributed by atoms with Gasteiger partial charge in [-0.15, -0.1) is 0 Å². The van der Waals surface area contributed by atoms with Crippen LogP contribution >= 0.6 is 11.6 Å². The first kappa shape index (κ1) is 17.4. The Morgan fingerprint density at radius 3 is 2.72 bits per heavy atom. The number of benzene rings is 1. The predicted molar refractivity (Wildman–Crippen MR) is 93.0 cm³/mol. The van der Waals surface area contributed by atoms with Crippen molar-refractivity contribution >= 4 is 11.6 Å². The van der Waals surface area contributed by atoms with Crippen LogP contribution in [0.3, 0.4) is 0 Å². The van der Waals surface area contributed by atoms with E-state index in [2.05, 4.69) is 22.2 Å². The molecule has 0 N–H and O–H groups in total. The van der Waals surface area contributed by atoms with Gasteiger partial charge in [0.1, 0.15) is 0 Å². The van der Waals surface area contributed by atoms with E-state index in [9.17, 15) is 4.79 Å². The van der Waals surface area contributed by atoms with Crippen LogP contribution in [-0.2, 0) is 12.8 Å². The summed E-state index contributed by atoms with van der Waals surface area (Å²) in [5, 5.41) is 8.38. The molecule has 2 heterocycles. The molecule has 0 radical (unpaired) electrons. The van der Waals surface area contributed by atoms with Crippen molar-refractivity contribution in [1.82, 2.24) is 19.9 Å². The number of unbranched alkanes of at least 4 members (excludes halogenated alkanes) is 1. The zero-order valence-electron chi connectivity index (χ0n) is 14.2. The van der Waals surface area contributed by atoms with Crippen LogP contribution in [0.15, 0.2) is 32.0 Å². The van der Waals surface area contributed by atoms with Gasteiger partial charge in [0.2, 0.25) is 0 Å². The van der Waals surface area contributed by atoms with Crippen LogP contribution in [0.4, 0.5) is 0 Å². The monoisotopic (exact) mass is 362 g/mol. The summed E-state index contributed by atoms with van der Waals surface area (Å²) in [6, 6.07) is 5.12. The van der Waals surface area contributed by atoms with Gasteiger partial charge in [0.25, 0.3) is 5.89 Å². The van der Waals surface area contributed by atoms with Crippen LogP contribution in [0.1, 0.15) is 44.8 Å². The molecule has 2 aromatic heterocycles. The smallest absolute Gasteiger partial charge is 0.334 e. The highest BCUT2D eigenvalue weighted by Gasteiger charge is 2.20. The normalized spacial score (nSPS) is 11.2. The molecular formula is C17H19ClN4O3. The summed E-state index contributed by atoms with van der Waals surface area (Å²) in [4.78, 5) is 16.6. The van der Waals surface area contributed by atoms with E-state index in [4.69, 9.17) is 20.6 Å². The summed E-state index contributed by atoms with van der Waals surface area (Å²) in [5.74, 6) is 0.938. The number of hydrogen-bond donors (Lipinski definition) is 0. The fraction of sp³-hybridized carbons (Fsp3) is 0.412. The maximum atomic E-state index is 12.2. The average Bonchev–Trinajstić information content (AvgIpc) is 3.21. The Balaban J connectivity index is 2.09. The van der Waals surface area contributed by atoms with Crippen molar-refractivity contribution in [2.75, 3.05) is 0 Å². The molecule has 7 nitrogen and oxygen atoms in total. The third kappa shape index (κ3) is 3.66. The van der Waals surface area contributed by atoms with Gasteiger partial charge in [0.15, 0.2) is 11.6 Å². The molecule has 0 aliphatic carbocycles. The zero-order valence-corrected chi connectivity index (χ0v) is 14.9. The van der Waals surface area contributed by atoms with Gasteiger partial charge < -0.3 is 4.52 Å². The molecule has 0 spiro atoms. The molecule has 0 amide bonds. The van der Waals surface area contributed by atoms with Crippen molar-refractivity contribution in [2.24, 2.45) is 0 Å². The van der Waals surface area contributed by atoms with Crippen LogP contribution in [0.25, 0.3) is 17.1 Å². The summed E-state index contributed by atoms with van der Waals surface area (Å²) in [7, 11) is 0. The van der Waals surface area contributed by atoms with Crippen molar-refractivity contribution in [3.63, 3.8) is 0 Å². The molecule has 0 atom stereocenters. The lowest BCUT2D eigenvalue weighted by Crippen LogP contribution is -2.16. The van der Waals surface area contributed by atoms with Crippen molar-refractivity contribution in [3.05, 3.63) is 45.4 Å². The third-order valence-electron chi connectivity index (χ3n) is 3.80. The van der Waals surface area contributed by atoms with Gasteiger partial charge in [0.05, 0.1) is 11.3 Å². The Hall–Kier alpha value is -2.41. The molecule has 3 aromatic rings. The molecule has 0 aliphatic rings. The number of aryl methyl sites for hydroxylation is 2. The van der Waals surface area contributed by atoms with Crippen LogP contribution in [0.5, 0.6) is 0 Å². The van der Waals surface area contributed by atoms with Crippen molar-refractivity contribution < 1.29 is 9.05 Å². The quantitative estimate of drug-likeness (QED) is 0.634. The standard InChI is InChI=1S/C17H19ClN4O3/c1-3-5-7-14-19-16(24-20-14)12-10-11(18)8-9-13(12)22-15(6-4-2)21-25-17(22)23/h8-10H,3-7H2,1-2H3. The van der Waals surface area contributed by atoms with Crippen LogP contribution in [0, 0.1) is 0 Å². The van der Waals surface area contributed by atoms with Crippen molar-refractivity contribution in [2.45, 2.75) is 46.0 Å². The molecule has 0 bridgehead atoms. The molecule has 8 heteroatoms. The van der Waals surface area contributed by atoms with E-state index < -0.39 is 5.76 Å². The number of halogens is 1. The summed E-state index contributed by atoms with van der Waals surface area (Å²) < 4.78 is 11.7. The largest absolute Gasteiger partial charge is 0.446 e. The second-order valence-electron chi connectivity index (χ2n) is 5.73. The van der Waals surface area contributed by atoms with Crippen LogP contribution in [0.2, 0.25) is 5.02 Å². The van der Waals surface area contributed by atoms with E-state index in [0.717, 1.165) is 25.7 Å². The second kappa shape index (κ2) is 7.65. The highest BCUT2D eigenvalue weighted by Crippen LogP contribution is 2.29. The maximum Gasteiger partial charge on any atom is 0.446 e. The van der Waals surface area contributed by atoms with E-state index >= 15 is 0 Å². The molecule has 0 unspecified atom stereocenters. The van der Waals surface area contributed by atoms with Crippen molar-refractivity contribution in [3.8, 4) is 17.1 Å². The molecule has 0 fully saturated rings. The van der Waals surface area contributed by atoms with Gasteiger partial charge in [-0.1, -0.05) is 42.2 Å². The molecule has 25 heavy (non-hydrogen) atoms. The Morgan fingerprint density at radius 2 is 1.96 bits per heavy atom. The lowest BCUT2D eigenvalue weighted by molar-refractivity contribution is 0.378. The molecular weight excluding hydrogens is 344 g/mol. The van der Waals surface area contributed by atoms with Gasteiger partial charge in [-0.05, 0) is 31.0 Å². The molecule has 132 valence electrons. The first-order valence-electron chi connectivity index (χ1n) is 8.34. The molecule has 0 saturated carbocycles. The lowest BCUT2D eigenvalue weighted by atomic mass is 10.1. The van der Waals surface area contributed by atoms with E-state index in [-0.39, 0.29) is 0 Å². The van der Waals surface area contributed by atoms with Crippen LogP contribution in [-0.4, -0.2) is 19.9 Å². The minimum atomic E-state index is -0.558.